The first-order valence-electron chi connectivity index (χ1n) is 6.12. The fraction of sp³-hybridized carbons (Fsp3) is 0.143. The lowest BCUT2D eigenvalue weighted by Crippen LogP contribution is -2.05. The number of aromatic nitrogens is 2. The maximum atomic E-state index is 11.8. The smallest absolute Gasteiger partial charge is 0.356 e. The molecule has 0 aliphatic heterocycles. The first-order chi connectivity index (χ1) is 9.63. The highest BCUT2D eigenvalue weighted by Crippen LogP contribution is 2.28. The van der Waals surface area contributed by atoms with Crippen LogP contribution in [0.1, 0.15) is 17.4 Å². The summed E-state index contributed by atoms with van der Waals surface area (Å²) in [5.74, 6) is -0.405. The molecule has 0 aliphatic rings. The minimum atomic E-state index is -0.405. The lowest BCUT2D eigenvalue weighted by atomic mass is 10.1. The minimum absolute atomic E-state index is 0.0713. The third-order valence-corrected chi connectivity index (χ3v) is 3.98. The van der Waals surface area contributed by atoms with Crippen molar-refractivity contribution in [2.45, 2.75) is 6.92 Å². The molecular weight excluding hydrogens is 324 g/mol. The van der Waals surface area contributed by atoms with Crippen LogP contribution in [0, 0.1) is 0 Å². The number of carbonyl (C=O) groups excluding carboxylic acids is 1. The molecule has 0 saturated heterocycles. The number of nitrogens with one attached hydrogen (secondary N) is 2. The minimum Gasteiger partial charge on any atom is -0.461 e. The second-order valence-corrected chi connectivity index (χ2v) is 5.10. The van der Waals surface area contributed by atoms with Crippen LogP contribution in [0.3, 0.4) is 0 Å². The topological polar surface area (TPSA) is 75.0 Å². The Morgan fingerprint density at radius 3 is 2.60 bits per heavy atom. The van der Waals surface area contributed by atoms with Crippen LogP contribution in [-0.2, 0) is 4.74 Å². The lowest BCUT2D eigenvalue weighted by molar-refractivity contribution is 0.0521. The van der Waals surface area contributed by atoms with Crippen LogP contribution < -0.4 is 5.43 Å². The van der Waals surface area contributed by atoms with Crippen LogP contribution in [0.15, 0.2) is 33.5 Å². The summed E-state index contributed by atoms with van der Waals surface area (Å²) in [6.07, 6.45) is 0. The Labute approximate surface area is 122 Å². The zero-order chi connectivity index (χ0) is 14.3. The van der Waals surface area contributed by atoms with Gasteiger partial charge in [-0.1, -0.05) is 6.07 Å². The van der Waals surface area contributed by atoms with Crippen molar-refractivity contribution in [2.75, 3.05) is 6.61 Å². The normalized spacial score (nSPS) is 11.1. The summed E-state index contributed by atoms with van der Waals surface area (Å²) in [5.41, 5.74) is 1.08. The fourth-order valence-electron chi connectivity index (χ4n) is 2.25. The predicted octanol–water partition coefficient (Wildman–Crippen LogP) is 2.95. The van der Waals surface area contributed by atoms with E-state index in [4.69, 9.17) is 4.74 Å². The molecule has 0 aliphatic carbocycles. The van der Waals surface area contributed by atoms with Gasteiger partial charge in [0.2, 0.25) is 0 Å². The summed E-state index contributed by atoms with van der Waals surface area (Å²) in [5, 5.41) is 8.20. The first-order valence-corrected chi connectivity index (χ1v) is 6.91. The Kier molecular flexibility index (Phi) is 3.10. The predicted molar refractivity (Wildman–Crippen MR) is 80.1 cm³/mol. The van der Waals surface area contributed by atoms with Crippen molar-refractivity contribution in [3.05, 3.63) is 44.7 Å². The third-order valence-electron chi connectivity index (χ3n) is 3.16. The van der Waals surface area contributed by atoms with E-state index in [-0.39, 0.29) is 5.43 Å². The van der Waals surface area contributed by atoms with Crippen molar-refractivity contribution in [1.29, 1.82) is 0 Å². The first kappa shape index (κ1) is 12.9. The number of fused-ring (bicyclic) bond motifs is 3. The Hall–Kier alpha value is -2.08. The number of hydrogen-bond donors (Lipinski definition) is 2. The van der Waals surface area contributed by atoms with Gasteiger partial charge in [-0.05, 0) is 41.1 Å². The molecule has 0 amide bonds. The highest BCUT2D eigenvalue weighted by atomic mass is 79.9. The number of carbonyl (C=O) groups is 1. The maximum absolute atomic E-state index is 11.8. The quantitative estimate of drug-likeness (QED) is 0.707. The number of benzene rings is 2. The molecule has 0 fully saturated rings. The summed E-state index contributed by atoms with van der Waals surface area (Å²) < 4.78 is 5.52. The molecule has 1 aromatic heterocycles. The molecule has 102 valence electrons. The van der Waals surface area contributed by atoms with E-state index in [0.29, 0.717) is 16.8 Å². The van der Waals surface area contributed by atoms with Crippen LogP contribution in [0.4, 0.5) is 0 Å². The van der Waals surface area contributed by atoms with E-state index in [1.807, 2.05) is 6.07 Å². The van der Waals surface area contributed by atoms with Crippen molar-refractivity contribution in [3.8, 4) is 0 Å². The van der Waals surface area contributed by atoms with Gasteiger partial charge in [0, 0.05) is 16.2 Å². The summed E-state index contributed by atoms with van der Waals surface area (Å²) in [6, 6.07) is 6.84. The van der Waals surface area contributed by atoms with E-state index in [2.05, 4.69) is 26.1 Å². The fourth-order valence-corrected chi connectivity index (χ4v) is 2.73. The second kappa shape index (κ2) is 4.79. The highest BCUT2D eigenvalue weighted by molar-refractivity contribution is 9.10. The summed E-state index contributed by atoms with van der Waals surface area (Å²) in [6.45, 7) is 2.08. The molecule has 0 radical (unpaired) electrons. The van der Waals surface area contributed by atoms with Crippen molar-refractivity contribution in [3.63, 3.8) is 0 Å². The number of aromatic amines is 2. The molecule has 0 bridgehead atoms. The van der Waals surface area contributed by atoms with E-state index in [1.54, 1.807) is 19.1 Å². The molecule has 0 spiro atoms. The summed E-state index contributed by atoms with van der Waals surface area (Å²) in [4.78, 5) is 23.5. The van der Waals surface area contributed by atoms with Gasteiger partial charge >= 0.3 is 5.97 Å². The van der Waals surface area contributed by atoms with Crippen LogP contribution in [0.5, 0.6) is 0 Å². The average Bonchev–Trinajstić information content (AvgIpc) is 2.87. The van der Waals surface area contributed by atoms with Gasteiger partial charge in [0.25, 0.3) is 0 Å². The molecule has 5 nitrogen and oxygen atoms in total. The number of rotatable bonds is 2. The van der Waals surface area contributed by atoms with Gasteiger partial charge in [-0.25, -0.2) is 4.79 Å². The molecule has 0 unspecified atom stereocenters. The molecule has 6 heteroatoms. The Balaban J connectivity index is 2.32. The van der Waals surface area contributed by atoms with Gasteiger partial charge in [-0.2, -0.15) is 0 Å². The van der Waals surface area contributed by atoms with Crippen molar-refractivity contribution in [1.82, 2.24) is 10.2 Å². The van der Waals surface area contributed by atoms with E-state index >= 15 is 0 Å². The monoisotopic (exact) mass is 334 g/mol. The van der Waals surface area contributed by atoms with Crippen molar-refractivity contribution >= 4 is 43.6 Å². The maximum Gasteiger partial charge on any atom is 0.356 e. The lowest BCUT2D eigenvalue weighted by Gasteiger charge is -2.02. The Bertz CT molecular complexity index is 879. The SMILES string of the molecule is CCOC(=O)c1[nH][nH]c2c1ccc1c(Br)c(=O)ccc12. The average molecular weight is 335 g/mol. The number of esters is 1. The molecule has 3 rings (SSSR count). The van der Waals surface area contributed by atoms with Crippen LogP contribution in [0.2, 0.25) is 0 Å². The van der Waals surface area contributed by atoms with E-state index in [0.717, 1.165) is 21.7 Å². The van der Waals surface area contributed by atoms with Crippen LogP contribution in [0.25, 0.3) is 21.7 Å². The Morgan fingerprint density at radius 1 is 1.15 bits per heavy atom. The van der Waals surface area contributed by atoms with Crippen molar-refractivity contribution < 1.29 is 9.53 Å². The van der Waals surface area contributed by atoms with Crippen LogP contribution in [-0.4, -0.2) is 22.8 Å². The van der Waals surface area contributed by atoms with E-state index in [9.17, 15) is 9.59 Å². The zero-order valence-electron chi connectivity index (χ0n) is 10.6. The van der Waals surface area contributed by atoms with Crippen LogP contribution >= 0.6 is 15.9 Å². The highest BCUT2D eigenvalue weighted by Gasteiger charge is 2.16. The largest absolute Gasteiger partial charge is 0.461 e. The van der Waals surface area contributed by atoms with Gasteiger partial charge in [0.05, 0.1) is 16.6 Å². The number of halogens is 1. The van der Waals surface area contributed by atoms with Gasteiger partial charge in [-0.3, -0.25) is 15.0 Å². The molecule has 2 N–H and O–H groups in total. The second-order valence-electron chi connectivity index (χ2n) is 4.31. The molecule has 0 saturated carbocycles. The standard InChI is InChI=1S/C14H11BrN2O3/c1-2-20-14(19)13-9-4-3-7-8(12(9)16-17-13)5-6-10(18)11(7)15/h3-6,16-17H,2H2,1H3. The van der Waals surface area contributed by atoms with Gasteiger partial charge in [0.15, 0.2) is 5.43 Å². The van der Waals surface area contributed by atoms with Gasteiger partial charge in [0.1, 0.15) is 5.69 Å². The zero-order valence-corrected chi connectivity index (χ0v) is 12.2. The molecule has 1 heterocycles. The molecule has 3 aromatic rings. The number of ether oxygens (including phenoxy) is 1. The van der Waals surface area contributed by atoms with E-state index < -0.39 is 5.97 Å². The molecular formula is C14H11BrN2O3. The molecule has 0 atom stereocenters. The molecule has 20 heavy (non-hydrogen) atoms. The molecule has 2 aromatic carbocycles. The van der Waals surface area contributed by atoms with Crippen molar-refractivity contribution in [2.24, 2.45) is 0 Å². The number of hydrogen-bond acceptors (Lipinski definition) is 3. The van der Waals surface area contributed by atoms with E-state index in [1.165, 1.54) is 6.07 Å². The summed E-state index contributed by atoms with van der Waals surface area (Å²) >= 11 is 3.30. The number of H-pyrrole nitrogens is 2. The third kappa shape index (κ3) is 1.84. The summed E-state index contributed by atoms with van der Waals surface area (Å²) in [7, 11) is 0. The Morgan fingerprint density at radius 2 is 1.85 bits per heavy atom. The van der Waals surface area contributed by atoms with Gasteiger partial charge in [-0.15, -0.1) is 0 Å². The van der Waals surface area contributed by atoms with Gasteiger partial charge < -0.3 is 4.74 Å².